The number of thiocarbonyl (C=S) groups is 1. The van der Waals surface area contributed by atoms with Crippen molar-refractivity contribution in [1.82, 2.24) is 5.32 Å². The number of carbonyl (C=O) groups is 1. The molecule has 0 aliphatic carbocycles. The number of esters is 1. The summed E-state index contributed by atoms with van der Waals surface area (Å²) in [5, 5.41) is 7.66. The van der Waals surface area contributed by atoms with E-state index in [9.17, 15) is 4.79 Å². The highest BCUT2D eigenvalue weighted by Crippen LogP contribution is 2.22. The van der Waals surface area contributed by atoms with E-state index >= 15 is 0 Å². The van der Waals surface area contributed by atoms with Gasteiger partial charge in [0, 0.05) is 27.9 Å². The zero-order chi connectivity index (χ0) is 18.2. The maximum Gasteiger partial charge on any atom is 0.339 e. The third kappa shape index (κ3) is 6.40. The molecule has 4 nitrogen and oxygen atoms in total. The highest BCUT2D eigenvalue weighted by molar-refractivity contribution is 7.99. The van der Waals surface area contributed by atoms with Gasteiger partial charge in [-0.25, -0.2) is 4.79 Å². The Labute approximate surface area is 166 Å². The number of hydrogen-bond acceptors (Lipinski definition) is 4. The minimum Gasteiger partial charge on any atom is -0.465 e. The van der Waals surface area contributed by atoms with Gasteiger partial charge in [0.1, 0.15) is 0 Å². The standard InChI is InChI=1S/C17H16Cl2N2O2S2/c1-23-16(22)14-10-12(4-7-15(14)19)21-17(24)20-8-9-25-13-5-2-11(18)3-6-13/h2-7,10H,8-9H2,1H3,(H2,20,21,24). The van der Waals surface area contributed by atoms with Crippen LogP contribution in [0.2, 0.25) is 10.0 Å². The fourth-order valence-corrected chi connectivity index (χ4v) is 3.22. The Kier molecular flexibility index (Phi) is 7.84. The van der Waals surface area contributed by atoms with Gasteiger partial charge in [0.15, 0.2) is 5.11 Å². The number of methoxy groups -OCH3 is 1. The zero-order valence-electron chi connectivity index (χ0n) is 13.3. The molecular weight excluding hydrogens is 399 g/mol. The summed E-state index contributed by atoms with van der Waals surface area (Å²) in [7, 11) is 1.31. The van der Waals surface area contributed by atoms with Gasteiger partial charge in [-0.3, -0.25) is 0 Å². The number of halogens is 2. The monoisotopic (exact) mass is 414 g/mol. The normalized spacial score (nSPS) is 10.2. The maximum absolute atomic E-state index is 11.6. The summed E-state index contributed by atoms with van der Waals surface area (Å²) in [5.41, 5.74) is 0.947. The molecule has 132 valence electrons. The number of hydrogen-bond donors (Lipinski definition) is 2. The van der Waals surface area contributed by atoms with Gasteiger partial charge in [-0.1, -0.05) is 23.2 Å². The van der Waals surface area contributed by atoms with E-state index in [1.54, 1.807) is 30.0 Å². The lowest BCUT2D eigenvalue weighted by Crippen LogP contribution is -2.30. The molecule has 0 spiro atoms. The molecule has 2 N–H and O–H groups in total. The Morgan fingerprint density at radius 1 is 1.20 bits per heavy atom. The number of anilines is 1. The third-order valence-corrected chi connectivity index (χ3v) is 4.94. The SMILES string of the molecule is COC(=O)c1cc(NC(=S)NCCSc2ccc(Cl)cc2)ccc1Cl. The van der Waals surface area contributed by atoms with Crippen LogP contribution in [0.3, 0.4) is 0 Å². The summed E-state index contributed by atoms with van der Waals surface area (Å²) >= 11 is 18.8. The van der Waals surface area contributed by atoms with Crippen molar-refractivity contribution in [2.45, 2.75) is 4.90 Å². The number of carbonyl (C=O) groups excluding carboxylic acids is 1. The zero-order valence-corrected chi connectivity index (χ0v) is 16.5. The minimum atomic E-state index is -0.494. The number of thioether (sulfide) groups is 1. The lowest BCUT2D eigenvalue weighted by molar-refractivity contribution is 0.0601. The Morgan fingerprint density at radius 2 is 1.92 bits per heavy atom. The van der Waals surface area contributed by atoms with Crippen molar-refractivity contribution < 1.29 is 9.53 Å². The van der Waals surface area contributed by atoms with Crippen LogP contribution in [-0.4, -0.2) is 30.5 Å². The highest BCUT2D eigenvalue weighted by Gasteiger charge is 2.11. The van der Waals surface area contributed by atoms with Crippen LogP contribution in [0.25, 0.3) is 0 Å². The summed E-state index contributed by atoms with van der Waals surface area (Å²) < 4.78 is 4.70. The largest absolute Gasteiger partial charge is 0.465 e. The van der Waals surface area contributed by atoms with Crippen molar-refractivity contribution in [2.24, 2.45) is 0 Å². The Hall–Kier alpha value is -1.47. The molecule has 0 radical (unpaired) electrons. The smallest absolute Gasteiger partial charge is 0.339 e. The van der Waals surface area contributed by atoms with Gasteiger partial charge in [-0.2, -0.15) is 0 Å². The maximum atomic E-state index is 11.6. The molecule has 0 aliphatic heterocycles. The van der Waals surface area contributed by atoms with Crippen LogP contribution in [0, 0.1) is 0 Å². The molecule has 0 aliphatic rings. The second-order valence-electron chi connectivity index (χ2n) is 4.87. The fraction of sp³-hybridized carbons (Fsp3) is 0.176. The van der Waals surface area contributed by atoms with Crippen LogP contribution in [0.15, 0.2) is 47.4 Å². The highest BCUT2D eigenvalue weighted by atomic mass is 35.5. The van der Waals surface area contributed by atoms with E-state index < -0.39 is 5.97 Å². The summed E-state index contributed by atoms with van der Waals surface area (Å²) in [4.78, 5) is 12.8. The van der Waals surface area contributed by atoms with Crippen LogP contribution >= 0.6 is 47.2 Å². The minimum absolute atomic E-state index is 0.287. The van der Waals surface area contributed by atoms with Crippen molar-refractivity contribution in [3.8, 4) is 0 Å². The number of nitrogens with one attached hydrogen (secondary N) is 2. The van der Waals surface area contributed by atoms with Crippen molar-refractivity contribution in [1.29, 1.82) is 0 Å². The van der Waals surface area contributed by atoms with Crippen molar-refractivity contribution in [3.05, 3.63) is 58.1 Å². The van der Waals surface area contributed by atoms with Crippen LogP contribution in [0.1, 0.15) is 10.4 Å². The van der Waals surface area contributed by atoms with Gasteiger partial charge in [0.05, 0.1) is 17.7 Å². The molecule has 0 heterocycles. The molecule has 25 heavy (non-hydrogen) atoms. The molecule has 0 unspecified atom stereocenters. The van der Waals surface area contributed by atoms with Gasteiger partial charge in [0.2, 0.25) is 0 Å². The summed E-state index contributed by atoms with van der Waals surface area (Å²) in [5.74, 6) is 0.351. The first kappa shape index (κ1) is 19.8. The van der Waals surface area contributed by atoms with E-state index in [1.807, 2.05) is 24.3 Å². The second kappa shape index (κ2) is 9.87. The first-order valence-electron chi connectivity index (χ1n) is 7.30. The summed E-state index contributed by atoms with van der Waals surface area (Å²) in [6.45, 7) is 0.691. The molecule has 0 aromatic heterocycles. The molecule has 2 rings (SSSR count). The Balaban J connectivity index is 1.80. The molecule has 0 saturated heterocycles. The predicted octanol–water partition coefficient (Wildman–Crippen LogP) is 4.86. The van der Waals surface area contributed by atoms with E-state index in [1.165, 1.54) is 7.11 Å². The summed E-state index contributed by atoms with van der Waals surface area (Å²) in [6.07, 6.45) is 0. The molecule has 0 bridgehead atoms. The lowest BCUT2D eigenvalue weighted by Gasteiger charge is -2.12. The molecule has 2 aromatic carbocycles. The Morgan fingerprint density at radius 3 is 2.60 bits per heavy atom. The fourth-order valence-electron chi connectivity index (χ4n) is 1.91. The Bertz CT molecular complexity index is 755. The van der Waals surface area contributed by atoms with Gasteiger partial charge in [0.25, 0.3) is 0 Å². The quantitative estimate of drug-likeness (QED) is 0.304. The van der Waals surface area contributed by atoms with Crippen molar-refractivity contribution in [3.63, 3.8) is 0 Å². The van der Waals surface area contributed by atoms with Crippen molar-refractivity contribution in [2.75, 3.05) is 24.7 Å². The summed E-state index contributed by atoms with van der Waals surface area (Å²) in [6, 6.07) is 12.6. The van der Waals surface area contributed by atoms with E-state index in [0.717, 1.165) is 15.7 Å². The van der Waals surface area contributed by atoms with E-state index in [-0.39, 0.29) is 5.56 Å². The molecule has 0 atom stereocenters. The molecular formula is C17H16Cl2N2O2S2. The van der Waals surface area contributed by atoms with Gasteiger partial charge in [-0.05, 0) is 54.7 Å². The topological polar surface area (TPSA) is 50.4 Å². The van der Waals surface area contributed by atoms with Gasteiger partial charge in [-0.15, -0.1) is 11.8 Å². The van der Waals surface area contributed by atoms with Gasteiger partial charge >= 0.3 is 5.97 Å². The van der Waals surface area contributed by atoms with Crippen LogP contribution in [-0.2, 0) is 4.74 Å². The van der Waals surface area contributed by atoms with E-state index in [2.05, 4.69) is 10.6 Å². The van der Waals surface area contributed by atoms with Crippen LogP contribution in [0.5, 0.6) is 0 Å². The number of benzene rings is 2. The van der Waals surface area contributed by atoms with Gasteiger partial charge < -0.3 is 15.4 Å². The van der Waals surface area contributed by atoms with E-state index in [4.69, 9.17) is 40.2 Å². The average Bonchev–Trinajstić information content (AvgIpc) is 2.61. The second-order valence-corrected chi connectivity index (χ2v) is 7.29. The molecule has 0 amide bonds. The van der Waals surface area contributed by atoms with Crippen LogP contribution in [0.4, 0.5) is 5.69 Å². The first-order chi connectivity index (χ1) is 12.0. The average molecular weight is 415 g/mol. The molecule has 2 aromatic rings. The van der Waals surface area contributed by atoms with Crippen molar-refractivity contribution >= 4 is 64.0 Å². The molecule has 0 saturated carbocycles. The van der Waals surface area contributed by atoms with E-state index in [0.29, 0.717) is 22.4 Å². The third-order valence-electron chi connectivity index (χ3n) is 3.10. The first-order valence-corrected chi connectivity index (χ1v) is 9.45. The molecule has 8 heteroatoms. The molecule has 0 fully saturated rings. The van der Waals surface area contributed by atoms with Crippen LogP contribution < -0.4 is 10.6 Å². The number of rotatable bonds is 6. The predicted molar refractivity (Wildman–Crippen MR) is 109 cm³/mol. The number of ether oxygens (including phenoxy) is 1. The lowest BCUT2D eigenvalue weighted by atomic mass is 10.2.